The van der Waals surface area contributed by atoms with Gasteiger partial charge in [-0.15, -0.1) is 0 Å². The van der Waals surface area contributed by atoms with Gasteiger partial charge in [-0.25, -0.2) is 4.98 Å². The van der Waals surface area contributed by atoms with E-state index in [1.54, 1.807) is 13.8 Å². The maximum absolute atomic E-state index is 11.8. The standard InChI is InChI=1S/C8H11F3N2OS/c1-4(12)6-5(2)13-7(15-6)14-3-8(9,10)11/h4H,3,12H2,1-2H3/t4-/m1/s1. The van der Waals surface area contributed by atoms with Crippen LogP contribution in [0.25, 0.3) is 0 Å². The summed E-state index contributed by atoms with van der Waals surface area (Å²) in [6.45, 7) is 2.11. The summed E-state index contributed by atoms with van der Waals surface area (Å²) in [7, 11) is 0. The minimum Gasteiger partial charge on any atom is -0.460 e. The van der Waals surface area contributed by atoms with Crippen molar-refractivity contribution in [1.82, 2.24) is 4.98 Å². The van der Waals surface area contributed by atoms with Gasteiger partial charge in [-0.1, -0.05) is 11.3 Å². The summed E-state index contributed by atoms with van der Waals surface area (Å²) in [5, 5.41) is 0.0112. The minimum absolute atomic E-state index is 0.0112. The van der Waals surface area contributed by atoms with Crippen LogP contribution in [0.4, 0.5) is 13.2 Å². The maximum Gasteiger partial charge on any atom is 0.422 e. The zero-order valence-corrected chi connectivity index (χ0v) is 9.08. The number of aryl methyl sites for hydroxylation is 1. The molecule has 0 aliphatic heterocycles. The molecule has 0 saturated carbocycles. The number of hydrogen-bond donors (Lipinski definition) is 1. The molecule has 1 atom stereocenters. The lowest BCUT2D eigenvalue weighted by Crippen LogP contribution is -2.19. The molecule has 86 valence electrons. The number of rotatable bonds is 3. The van der Waals surface area contributed by atoms with Gasteiger partial charge in [-0.3, -0.25) is 0 Å². The van der Waals surface area contributed by atoms with E-state index in [0.29, 0.717) is 5.69 Å². The Bertz CT molecular complexity index is 335. The SMILES string of the molecule is Cc1nc(OCC(F)(F)F)sc1[C@@H](C)N. The number of alkyl halides is 3. The topological polar surface area (TPSA) is 48.1 Å². The van der Waals surface area contributed by atoms with Crippen molar-refractivity contribution >= 4 is 11.3 Å². The van der Waals surface area contributed by atoms with Crippen molar-refractivity contribution in [3.63, 3.8) is 0 Å². The molecular formula is C8H11F3N2OS. The Hall–Kier alpha value is -0.820. The van der Waals surface area contributed by atoms with Crippen molar-refractivity contribution in [3.8, 4) is 5.19 Å². The lowest BCUT2D eigenvalue weighted by Gasteiger charge is -2.05. The van der Waals surface area contributed by atoms with Crippen LogP contribution in [0.5, 0.6) is 5.19 Å². The number of aromatic nitrogens is 1. The maximum atomic E-state index is 11.8. The summed E-state index contributed by atoms with van der Waals surface area (Å²) < 4.78 is 40.0. The van der Waals surface area contributed by atoms with Crippen molar-refractivity contribution in [2.45, 2.75) is 26.1 Å². The molecule has 1 heterocycles. The van der Waals surface area contributed by atoms with E-state index in [1.165, 1.54) is 0 Å². The normalized spacial score (nSPS) is 14.0. The van der Waals surface area contributed by atoms with Crippen molar-refractivity contribution in [2.24, 2.45) is 5.73 Å². The molecule has 0 fully saturated rings. The molecule has 0 bridgehead atoms. The van der Waals surface area contributed by atoms with Crippen LogP contribution in [0.3, 0.4) is 0 Å². The molecule has 0 radical (unpaired) electrons. The molecule has 15 heavy (non-hydrogen) atoms. The second-order valence-corrected chi connectivity index (χ2v) is 4.12. The highest BCUT2D eigenvalue weighted by Crippen LogP contribution is 2.29. The smallest absolute Gasteiger partial charge is 0.422 e. The van der Waals surface area contributed by atoms with Gasteiger partial charge < -0.3 is 10.5 Å². The summed E-state index contributed by atoms with van der Waals surface area (Å²) in [6, 6.07) is -0.245. The summed E-state index contributed by atoms with van der Waals surface area (Å²) in [5.74, 6) is 0. The van der Waals surface area contributed by atoms with E-state index in [0.717, 1.165) is 16.2 Å². The number of ether oxygens (including phenoxy) is 1. The largest absolute Gasteiger partial charge is 0.460 e. The average Bonchev–Trinajstić information content (AvgIpc) is 2.42. The number of halogens is 3. The highest BCUT2D eigenvalue weighted by atomic mass is 32.1. The third-order valence-electron chi connectivity index (χ3n) is 1.59. The molecule has 0 aliphatic carbocycles. The molecular weight excluding hydrogens is 229 g/mol. The number of hydrogen-bond acceptors (Lipinski definition) is 4. The van der Waals surface area contributed by atoms with E-state index in [-0.39, 0.29) is 11.2 Å². The molecule has 1 aromatic rings. The predicted molar refractivity (Wildman–Crippen MR) is 51.0 cm³/mol. The molecule has 0 unspecified atom stereocenters. The van der Waals surface area contributed by atoms with Crippen molar-refractivity contribution in [1.29, 1.82) is 0 Å². The molecule has 0 spiro atoms. The molecule has 0 amide bonds. The second kappa shape index (κ2) is 4.36. The van der Waals surface area contributed by atoms with Crippen LogP contribution in [-0.4, -0.2) is 17.8 Å². The Balaban J connectivity index is 2.68. The van der Waals surface area contributed by atoms with Crippen LogP contribution in [0.1, 0.15) is 23.5 Å². The first-order valence-electron chi connectivity index (χ1n) is 4.22. The van der Waals surface area contributed by atoms with E-state index in [9.17, 15) is 13.2 Å². The monoisotopic (exact) mass is 240 g/mol. The first-order valence-corrected chi connectivity index (χ1v) is 5.03. The fourth-order valence-electron chi connectivity index (χ4n) is 1.01. The predicted octanol–water partition coefficient (Wildman–Crippen LogP) is 2.41. The van der Waals surface area contributed by atoms with Gasteiger partial charge in [0, 0.05) is 10.9 Å². The van der Waals surface area contributed by atoms with Gasteiger partial charge in [0.25, 0.3) is 5.19 Å². The zero-order chi connectivity index (χ0) is 11.6. The third kappa shape index (κ3) is 3.67. The lowest BCUT2D eigenvalue weighted by atomic mass is 10.2. The van der Waals surface area contributed by atoms with Gasteiger partial charge in [-0.2, -0.15) is 13.2 Å². The van der Waals surface area contributed by atoms with Crippen LogP contribution >= 0.6 is 11.3 Å². The Morgan fingerprint density at radius 2 is 2.13 bits per heavy atom. The average molecular weight is 240 g/mol. The Kier molecular flexibility index (Phi) is 3.56. The lowest BCUT2D eigenvalue weighted by molar-refractivity contribution is -0.153. The third-order valence-corrected chi connectivity index (χ3v) is 2.86. The van der Waals surface area contributed by atoms with Crippen LogP contribution in [0, 0.1) is 6.92 Å². The molecule has 0 saturated heterocycles. The molecule has 7 heteroatoms. The van der Waals surface area contributed by atoms with Crippen LogP contribution in [-0.2, 0) is 0 Å². The highest BCUT2D eigenvalue weighted by Gasteiger charge is 2.29. The van der Waals surface area contributed by atoms with E-state index < -0.39 is 12.8 Å². The molecule has 1 aromatic heterocycles. The summed E-state index contributed by atoms with van der Waals surface area (Å²) in [5.41, 5.74) is 6.22. The van der Waals surface area contributed by atoms with Gasteiger partial charge >= 0.3 is 6.18 Å². The summed E-state index contributed by atoms with van der Waals surface area (Å²) >= 11 is 1.05. The van der Waals surface area contributed by atoms with Crippen molar-refractivity contribution in [3.05, 3.63) is 10.6 Å². The zero-order valence-electron chi connectivity index (χ0n) is 8.26. The Morgan fingerprint density at radius 1 is 1.53 bits per heavy atom. The van der Waals surface area contributed by atoms with E-state index in [1.807, 2.05) is 0 Å². The first kappa shape index (κ1) is 12.3. The summed E-state index contributed by atoms with van der Waals surface area (Å²) in [6.07, 6.45) is -4.34. The van der Waals surface area contributed by atoms with Crippen molar-refractivity contribution in [2.75, 3.05) is 6.61 Å². The van der Waals surface area contributed by atoms with Crippen molar-refractivity contribution < 1.29 is 17.9 Å². The Labute approximate surface area is 89.1 Å². The quantitative estimate of drug-likeness (QED) is 0.882. The van der Waals surface area contributed by atoms with Crippen LogP contribution in [0.2, 0.25) is 0 Å². The Morgan fingerprint density at radius 3 is 2.53 bits per heavy atom. The van der Waals surface area contributed by atoms with Gasteiger partial charge in [0.15, 0.2) is 6.61 Å². The molecule has 2 N–H and O–H groups in total. The van der Waals surface area contributed by atoms with Gasteiger partial charge in [0.05, 0.1) is 5.69 Å². The molecule has 1 rings (SSSR count). The number of nitrogens with zero attached hydrogens (tertiary/aromatic N) is 1. The fraction of sp³-hybridized carbons (Fsp3) is 0.625. The second-order valence-electron chi connectivity index (χ2n) is 3.12. The molecule has 0 aromatic carbocycles. The molecule has 0 aliphatic rings. The fourth-order valence-corrected chi connectivity index (χ4v) is 1.88. The van der Waals surface area contributed by atoms with Gasteiger partial charge in [0.1, 0.15) is 0 Å². The highest BCUT2D eigenvalue weighted by molar-refractivity contribution is 7.13. The van der Waals surface area contributed by atoms with Crippen LogP contribution < -0.4 is 10.5 Å². The van der Waals surface area contributed by atoms with Gasteiger partial charge in [0.2, 0.25) is 0 Å². The number of thiazole rings is 1. The van der Waals surface area contributed by atoms with E-state index >= 15 is 0 Å². The van der Waals surface area contributed by atoms with E-state index in [4.69, 9.17) is 5.73 Å². The first-order chi connectivity index (χ1) is 6.79. The number of nitrogens with two attached hydrogens (primary N) is 1. The van der Waals surface area contributed by atoms with Gasteiger partial charge in [-0.05, 0) is 13.8 Å². The summed E-state index contributed by atoms with van der Waals surface area (Å²) in [4.78, 5) is 4.59. The van der Waals surface area contributed by atoms with Crippen LogP contribution in [0.15, 0.2) is 0 Å². The minimum atomic E-state index is -4.34. The molecule has 3 nitrogen and oxygen atoms in total. The van der Waals surface area contributed by atoms with E-state index in [2.05, 4.69) is 9.72 Å².